The molecule has 11 rings (SSSR count). The smallest absolute Gasteiger partial charge is 0.160 e. The zero-order valence-corrected chi connectivity index (χ0v) is 30.0. The second-order valence-electron chi connectivity index (χ2n) is 14.5. The van der Waals surface area contributed by atoms with Crippen LogP contribution in [-0.4, -0.2) is 9.97 Å². The summed E-state index contributed by atoms with van der Waals surface area (Å²) in [6.45, 7) is 0. The number of rotatable bonds is 5. The summed E-state index contributed by atoms with van der Waals surface area (Å²) in [4.78, 5) is 10.8. The van der Waals surface area contributed by atoms with E-state index in [1.54, 1.807) is 0 Å². The van der Waals surface area contributed by atoms with Crippen molar-refractivity contribution in [3.8, 4) is 45.0 Å². The molecule has 0 spiro atoms. The average Bonchev–Trinajstić information content (AvgIpc) is 3.56. The van der Waals surface area contributed by atoms with E-state index >= 15 is 0 Å². The van der Waals surface area contributed by atoms with Crippen molar-refractivity contribution >= 4 is 32.3 Å². The van der Waals surface area contributed by atoms with E-state index < -0.39 is 5.41 Å². The lowest BCUT2D eigenvalue weighted by molar-refractivity contribution is 0.768. The Kier molecular flexibility index (Phi) is 7.11. The van der Waals surface area contributed by atoms with E-state index in [4.69, 9.17) is 9.97 Å². The first-order valence-electron chi connectivity index (χ1n) is 18.9. The Balaban J connectivity index is 1.21. The molecule has 9 aromatic carbocycles. The predicted octanol–water partition coefficient (Wildman–Crippen LogP) is 13.3. The van der Waals surface area contributed by atoms with E-state index in [0.717, 1.165) is 28.1 Å². The Hall–Kier alpha value is -7.16. The quantitative estimate of drug-likeness (QED) is 0.132. The van der Waals surface area contributed by atoms with Gasteiger partial charge in [0.25, 0.3) is 0 Å². The number of benzene rings is 9. The molecule has 1 aliphatic rings. The first-order chi connectivity index (χ1) is 27.3. The lowest BCUT2D eigenvalue weighted by atomic mass is 9.67. The summed E-state index contributed by atoms with van der Waals surface area (Å²) < 4.78 is 0. The van der Waals surface area contributed by atoms with E-state index in [1.165, 1.54) is 65.7 Å². The topological polar surface area (TPSA) is 25.8 Å². The number of aromatic nitrogens is 2. The van der Waals surface area contributed by atoms with E-state index in [-0.39, 0.29) is 0 Å². The molecule has 0 atom stereocenters. The maximum absolute atomic E-state index is 5.40. The highest BCUT2D eigenvalue weighted by Crippen LogP contribution is 2.56. The molecule has 0 radical (unpaired) electrons. The van der Waals surface area contributed by atoms with Gasteiger partial charge in [-0.25, -0.2) is 9.97 Å². The normalized spacial score (nSPS) is 12.9. The summed E-state index contributed by atoms with van der Waals surface area (Å²) in [6.07, 6.45) is 0. The largest absolute Gasteiger partial charge is 0.228 e. The maximum Gasteiger partial charge on any atom is 0.160 e. The molecule has 0 N–H and O–H groups in total. The van der Waals surface area contributed by atoms with Gasteiger partial charge in [-0.1, -0.05) is 188 Å². The Bertz CT molecular complexity index is 3040. The molecular formula is C53H34N2. The van der Waals surface area contributed by atoms with Crippen molar-refractivity contribution in [1.29, 1.82) is 0 Å². The van der Waals surface area contributed by atoms with Crippen LogP contribution in [0.25, 0.3) is 77.3 Å². The second kappa shape index (κ2) is 12.5. The van der Waals surface area contributed by atoms with E-state index in [2.05, 4.69) is 200 Å². The van der Waals surface area contributed by atoms with Crippen molar-refractivity contribution in [2.75, 3.05) is 0 Å². The van der Waals surface area contributed by atoms with Gasteiger partial charge in [0.2, 0.25) is 0 Å². The van der Waals surface area contributed by atoms with Crippen LogP contribution in [0.2, 0.25) is 0 Å². The van der Waals surface area contributed by atoms with Gasteiger partial charge in [-0.2, -0.15) is 0 Å². The fraction of sp³-hybridized carbons (Fsp3) is 0.0189. The molecule has 0 bridgehead atoms. The van der Waals surface area contributed by atoms with Crippen LogP contribution in [0, 0.1) is 0 Å². The highest BCUT2D eigenvalue weighted by Gasteiger charge is 2.46. The minimum atomic E-state index is -0.504. The average molecular weight is 699 g/mol. The molecule has 10 aromatic rings. The van der Waals surface area contributed by atoms with Crippen LogP contribution in [0.5, 0.6) is 0 Å². The van der Waals surface area contributed by atoms with Gasteiger partial charge in [0.1, 0.15) is 0 Å². The van der Waals surface area contributed by atoms with Gasteiger partial charge < -0.3 is 0 Å². The van der Waals surface area contributed by atoms with Crippen molar-refractivity contribution in [3.63, 3.8) is 0 Å². The first-order valence-corrected chi connectivity index (χ1v) is 18.9. The van der Waals surface area contributed by atoms with Crippen molar-refractivity contribution in [2.45, 2.75) is 5.41 Å². The number of fused-ring (bicyclic) bond motifs is 7. The number of nitrogens with zero attached hydrogens (tertiary/aromatic N) is 2. The Morgan fingerprint density at radius 1 is 0.327 bits per heavy atom. The third-order valence-electron chi connectivity index (χ3n) is 11.5. The second-order valence-corrected chi connectivity index (χ2v) is 14.5. The zero-order valence-electron chi connectivity index (χ0n) is 30.0. The van der Waals surface area contributed by atoms with Crippen LogP contribution >= 0.6 is 0 Å². The van der Waals surface area contributed by atoms with Crippen LogP contribution in [0.3, 0.4) is 0 Å². The van der Waals surface area contributed by atoms with Gasteiger partial charge in [-0.3, -0.25) is 0 Å². The maximum atomic E-state index is 5.40. The van der Waals surface area contributed by atoms with Crippen LogP contribution in [0.15, 0.2) is 206 Å². The van der Waals surface area contributed by atoms with Crippen LogP contribution in [0.1, 0.15) is 22.3 Å². The van der Waals surface area contributed by atoms with E-state index in [9.17, 15) is 0 Å². The van der Waals surface area contributed by atoms with Gasteiger partial charge in [0.15, 0.2) is 5.82 Å². The third-order valence-corrected chi connectivity index (χ3v) is 11.5. The molecule has 1 heterocycles. The minimum absolute atomic E-state index is 0.504. The van der Waals surface area contributed by atoms with Gasteiger partial charge in [-0.05, 0) is 83.9 Å². The molecule has 1 aromatic heterocycles. The third kappa shape index (κ3) is 4.82. The first kappa shape index (κ1) is 31.4. The highest BCUT2D eigenvalue weighted by atomic mass is 14.9. The van der Waals surface area contributed by atoms with Gasteiger partial charge in [0, 0.05) is 16.7 Å². The van der Waals surface area contributed by atoms with Crippen LogP contribution < -0.4 is 0 Å². The van der Waals surface area contributed by atoms with E-state index in [1.807, 2.05) is 6.07 Å². The molecule has 0 unspecified atom stereocenters. The summed E-state index contributed by atoms with van der Waals surface area (Å²) in [7, 11) is 0. The van der Waals surface area contributed by atoms with Crippen molar-refractivity contribution in [1.82, 2.24) is 9.97 Å². The molecule has 0 aliphatic heterocycles. The lowest BCUT2D eigenvalue weighted by Gasteiger charge is -2.34. The molecule has 2 nitrogen and oxygen atoms in total. The molecule has 0 saturated heterocycles. The summed E-state index contributed by atoms with van der Waals surface area (Å²) in [5, 5.41) is 7.22. The molecule has 55 heavy (non-hydrogen) atoms. The molecule has 0 saturated carbocycles. The molecule has 1 aliphatic carbocycles. The van der Waals surface area contributed by atoms with Crippen LogP contribution in [-0.2, 0) is 5.41 Å². The zero-order chi connectivity index (χ0) is 36.3. The minimum Gasteiger partial charge on any atom is -0.228 e. The Morgan fingerprint density at radius 3 is 1.69 bits per heavy atom. The van der Waals surface area contributed by atoms with Gasteiger partial charge in [-0.15, -0.1) is 0 Å². The number of hydrogen-bond donors (Lipinski definition) is 0. The van der Waals surface area contributed by atoms with Gasteiger partial charge in [0.05, 0.1) is 16.8 Å². The summed E-state index contributed by atoms with van der Waals surface area (Å²) in [6, 6.07) is 74.6. The standard InChI is InChI=1S/C53H34N2/c1-4-17-36(18-5-1)52-54-49(34-50(55-52)51-42-25-13-11-19-37(42)32-46-41-24-12-10-16-35(41)28-31-45(46)51)38-29-30-44-43-26-14-15-27-47(43)53(48(44)33-38,39-20-6-2-7-21-39)40-22-8-3-9-23-40/h1-34H. The molecular weight excluding hydrogens is 665 g/mol. The van der Waals surface area contributed by atoms with E-state index in [0.29, 0.717) is 5.82 Å². The Morgan fingerprint density at radius 2 is 0.927 bits per heavy atom. The fourth-order valence-corrected chi connectivity index (χ4v) is 9.14. The number of hydrogen-bond acceptors (Lipinski definition) is 2. The van der Waals surface area contributed by atoms with Crippen molar-refractivity contribution < 1.29 is 0 Å². The molecule has 0 amide bonds. The Labute approximate surface area is 320 Å². The molecule has 0 fully saturated rings. The monoisotopic (exact) mass is 698 g/mol. The summed E-state index contributed by atoms with van der Waals surface area (Å²) >= 11 is 0. The van der Waals surface area contributed by atoms with Crippen LogP contribution in [0.4, 0.5) is 0 Å². The summed E-state index contributed by atoms with van der Waals surface area (Å²) in [5.74, 6) is 0.705. The molecule has 256 valence electrons. The SMILES string of the molecule is c1ccc(-c2nc(-c3ccc4c(c3)C(c3ccccc3)(c3ccccc3)c3ccccc3-4)cc(-c3c4ccccc4cc4c3ccc3ccccc34)n2)cc1. The van der Waals surface area contributed by atoms with Crippen molar-refractivity contribution in [3.05, 3.63) is 229 Å². The lowest BCUT2D eigenvalue weighted by Crippen LogP contribution is -2.28. The van der Waals surface area contributed by atoms with Crippen molar-refractivity contribution in [2.24, 2.45) is 0 Å². The summed E-state index contributed by atoms with van der Waals surface area (Å²) in [5.41, 5.74) is 12.0. The fourth-order valence-electron chi connectivity index (χ4n) is 9.14. The molecule has 2 heteroatoms. The predicted molar refractivity (Wildman–Crippen MR) is 228 cm³/mol. The highest BCUT2D eigenvalue weighted by molar-refractivity contribution is 6.19. The van der Waals surface area contributed by atoms with Gasteiger partial charge >= 0.3 is 0 Å².